The number of nitrogens with one attached hydrogen (secondary N) is 1. The summed E-state index contributed by atoms with van der Waals surface area (Å²) in [6.45, 7) is 1.89. The van der Waals surface area contributed by atoms with Gasteiger partial charge in [0.15, 0.2) is 0 Å². The predicted molar refractivity (Wildman–Crippen MR) is 67.7 cm³/mol. The lowest BCUT2D eigenvalue weighted by molar-refractivity contribution is 0.845. The monoisotopic (exact) mass is 237 g/mol. The summed E-state index contributed by atoms with van der Waals surface area (Å²) < 4.78 is 1.80. The van der Waals surface area contributed by atoms with Crippen LogP contribution in [0.25, 0.3) is 22.3 Å². The van der Waals surface area contributed by atoms with E-state index in [2.05, 4.69) is 21.0 Å². The van der Waals surface area contributed by atoms with Crippen LogP contribution in [0.5, 0.6) is 0 Å². The van der Waals surface area contributed by atoms with Crippen molar-refractivity contribution in [2.24, 2.45) is 7.05 Å². The predicted octanol–water partition coefficient (Wildman–Crippen LogP) is 2.14. The van der Waals surface area contributed by atoms with Crippen molar-refractivity contribution in [1.82, 2.24) is 19.5 Å². The van der Waals surface area contributed by atoms with Gasteiger partial charge in [-0.25, -0.2) is 9.97 Å². The Balaban J connectivity index is 2.26. The smallest absolute Gasteiger partial charge is 0.147 e. The molecule has 0 atom stereocenters. The van der Waals surface area contributed by atoms with Gasteiger partial charge in [-0.2, -0.15) is 5.26 Å². The third-order valence-electron chi connectivity index (χ3n) is 3.12. The molecule has 88 valence electrons. The first-order valence-corrected chi connectivity index (χ1v) is 5.57. The summed E-state index contributed by atoms with van der Waals surface area (Å²) >= 11 is 0. The molecule has 3 rings (SSSR count). The largest absolute Gasteiger partial charge is 0.345 e. The molecule has 0 aliphatic carbocycles. The highest BCUT2D eigenvalue weighted by atomic mass is 15.1. The minimum absolute atomic E-state index is 0.575. The van der Waals surface area contributed by atoms with Crippen LogP contribution in [-0.2, 0) is 7.05 Å². The number of imidazole rings is 2. The molecule has 5 nitrogen and oxygen atoms in total. The van der Waals surface area contributed by atoms with Crippen LogP contribution >= 0.6 is 0 Å². The van der Waals surface area contributed by atoms with E-state index in [9.17, 15) is 5.26 Å². The highest BCUT2D eigenvalue weighted by Crippen LogP contribution is 2.25. The number of hydrogen-bond donors (Lipinski definition) is 1. The van der Waals surface area contributed by atoms with Crippen molar-refractivity contribution in [2.75, 3.05) is 0 Å². The van der Waals surface area contributed by atoms with Gasteiger partial charge in [0.1, 0.15) is 23.3 Å². The van der Waals surface area contributed by atoms with E-state index in [4.69, 9.17) is 0 Å². The number of aryl methyl sites for hydroxylation is 1. The molecule has 2 heterocycles. The molecule has 0 saturated heterocycles. The molecule has 0 fully saturated rings. The molecule has 1 N–H and O–H groups in total. The van der Waals surface area contributed by atoms with Crippen LogP contribution in [0.4, 0.5) is 0 Å². The van der Waals surface area contributed by atoms with E-state index in [0.29, 0.717) is 11.4 Å². The van der Waals surface area contributed by atoms with Crippen LogP contribution in [0.1, 0.15) is 11.5 Å². The van der Waals surface area contributed by atoms with E-state index in [1.54, 1.807) is 10.9 Å². The van der Waals surface area contributed by atoms with Crippen LogP contribution in [0.3, 0.4) is 0 Å². The fourth-order valence-corrected chi connectivity index (χ4v) is 2.02. The minimum atomic E-state index is 0.575. The topological polar surface area (TPSA) is 70.3 Å². The third-order valence-corrected chi connectivity index (χ3v) is 3.12. The highest BCUT2D eigenvalue weighted by molar-refractivity contribution is 5.81. The van der Waals surface area contributed by atoms with E-state index in [1.807, 2.05) is 32.2 Å². The lowest BCUT2D eigenvalue weighted by atomic mass is 10.1. The Kier molecular flexibility index (Phi) is 2.17. The molecule has 0 aliphatic heterocycles. The molecule has 0 saturated carbocycles. The average Bonchev–Trinajstić information content (AvgIpc) is 2.94. The van der Waals surface area contributed by atoms with Crippen molar-refractivity contribution in [3.05, 3.63) is 36.0 Å². The van der Waals surface area contributed by atoms with Gasteiger partial charge in [-0.15, -0.1) is 0 Å². The molecule has 0 radical (unpaired) electrons. The van der Waals surface area contributed by atoms with Crippen molar-refractivity contribution < 1.29 is 0 Å². The van der Waals surface area contributed by atoms with Crippen molar-refractivity contribution in [3.63, 3.8) is 0 Å². The van der Waals surface area contributed by atoms with Crippen LogP contribution in [-0.4, -0.2) is 19.5 Å². The number of fused-ring (bicyclic) bond motifs is 1. The molecule has 0 aliphatic rings. The maximum atomic E-state index is 9.22. The first-order chi connectivity index (χ1) is 8.70. The summed E-state index contributed by atoms with van der Waals surface area (Å²) in [6.07, 6.45) is 1.66. The Bertz CT molecular complexity index is 772. The summed E-state index contributed by atoms with van der Waals surface area (Å²) in [4.78, 5) is 11.7. The normalized spacial score (nSPS) is 10.7. The Hall–Kier alpha value is -2.61. The molecule has 1 aromatic carbocycles. The number of benzene rings is 1. The lowest BCUT2D eigenvalue weighted by Crippen LogP contribution is -1.94. The Morgan fingerprint density at radius 1 is 1.39 bits per heavy atom. The number of aromatic amines is 1. The zero-order valence-corrected chi connectivity index (χ0v) is 10.1. The molecule has 0 unspecified atom stereocenters. The Morgan fingerprint density at radius 3 is 3.00 bits per heavy atom. The van der Waals surface area contributed by atoms with Gasteiger partial charge in [0.2, 0.25) is 0 Å². The van der Waals surface area contributed by atoms with Gasteiger partial charge in [-0.1, -0.05) is 6.07 Å². The summed E-state index contributed by atoms with van der Waals surface area (Å²) in [6, 6.07) is 8.02. The van der Waals surface area contributed by atoms with Gasteiger partial charge >= 0.3 is 0 Å². The molecule has 18 heavy (non-hydrogen) atoms. The summed E-state index contributed by atoms with van der Waals surface area (Å²) in [5.41, 5.74) is 4.07. The van der Waals surface area contributed by atoms with E-state index in [0.717, 1.165) is 22.4 Å². The molecule has 0 amide bonds. The summed E-state index contributed by atoms with van der Waals surface area (Å²) in [7, 11) is 1.85. The zero-order valence-electron chi connectivity index (χ0n) is 10.1. The van der Waals surface area contributed by atoms with Gasteiger partial charge in [0, 0.05) is 12.6 Å². The number of nitrogens with zero attached hydrogens (tertiary/aromatic N) is 4. The number of hydrogen-bond acceptors (Lipinski definition) is 3. The average molecular weight is 237 g/mol. The van der Waals surface area contributed by atoms with Gasteiger partial charge in [0.05, 0.1) is 17.4 Å². The molecule has 2 aromatic heterocycles. The van der Waals surface area contributed by atoms with Gasteiger partial charge in [-0.3, -0.25) is 0 Å². The molecular weight excluding hydrogens is 226 g/mol. The quantitative estimate of drug-likeness (QED) is 0.704. The molecule has 3 aromatic rings. The summed E-state index contributed by atoms with van der Waals surface area (Å²) in [5.74, 6) is 0.825. The van der Waals surface area contributed by atoms with Crippen LogP contribution in [0, 0.1) is 18.3 Å². The molecule has 5 heteroatoms. The minimum Gasteiger partial charge on any atom is -0.345 e. The Labute approximate surface area is 104 Å². The maximum absolute atomic E-state index is 9.22. The van der Waals surface area contributed by atoms with Crippen LogP contribution in [0.2, 0.25) is 0 Å². The van der Waals surface area contributed by atoms with Gasteiger partial charge < -0.3 is 9.55 Å². The van der Waals surface area contributed by atoms with Gasteiger partial charge in [0.25, 0.3) is 0 Å². The zero-order chi connectivity index (χ0) is 12.7. The van der Waals surface area contributed by atoms with E-state index in [-0.39, 0.29) is 0 Å². The number of aromatic nitrogens is 4. The molecule has 0 bridgehead atoms. The van der Waals surface area contributed by atoms with Crippen molar-refractivity contribution in [2.45, 2.75) is 6.92 Å². The second-order valence-electron chi connectivity index (χ2n) is 4.16. The van der Waals surface area contributed by atoms with Crippen LogP contribution in [0.15, 0.2) is 24.5 Å². The first kappa shape index (κ1) is 10.5. The Morgan fingerprint density at radius 2 is 2.22 bits per heavy atom. The van der Waals surface area contributed by atoms with Crippen molar-refractivity contribution in [3.8, 4) is 17.3 Å². The maximum Gasteiger partial charge on any atom is 0.147 e. The second-order valence-corrected chi connectivity index (χ2v) is 4.16. The molecule has 0 spiro atoms. The van der Waals surface area contributed by atoms with Gasteiger partial charge in [-0.05, 0) is 19.1 Å². The lowest BCUT2D eigenvalue weighted by Gasteiger charge is -1.98. The summed E-state index contributed by atoms with van der Waals surface area (Å²) in [5, 5.41) is 9.22. The fraction of sp³-hybridized carbons (Fsp3) is 0.154. The fourth-order valence-electron chi connectivity index (χ4n) is 2.02. The number of rotatable bonds is 1. The number of H-pyrrole nitrogens is 1. The standard InChI is InChI=1S/C13H11N5/c1-8-17-13(12(6-14)18(8)2)9-3-4-10-11(5-9)16-7-15-10/h3-5,7H,1-2H3,(H,15,16). The van der Waals surface area contributed by atoms with E-state index < -0.39 is 0 Å². The SMILES string of the molecule is Cc1nc(-c2ccc3nc[nH]c3c2)c(C#N)n1C. The highest BCUT2D eigenvalue weighted by Gasteiger charge is 2.14. The van der Waals surface area contributed by atoms with Crippen LogP contribution < -0.4 is 0 Å². The third kappa shape index (κ3) is 1.39. The van der Waals surface area contributed by atoms with E-state index >= 15 is 0 Å². The van der Waals surface area contributed by atoms with Crippen molar-refractivity contribution in [1.29, 1.82) is 5.26 Å². The first-order valence-electron chi connectivity index (χ1n) is 5.57. The van der Waals surface area contributed by atoms with E-state index in [1.165, 1.54) is 0 Å². The molecular formula is C13H11N5. The number of nitriles is 1. The van der Waals surface area contributed by atoms with Crippen molar-refractivity contribution >= 4 is 11.0 Å². The second kappa shape index (κ2) is 3.70.